The van der Waals surface area contributed by atoms with E-state index in [9.17, 15) is 4.79 Å². The number of H-pyrrole nitrogens is 1. The van der Waals surface area contributed by atoms with Gasteiger partial charge in [0.15, 0.2) is 0 Å². The minimum atomic E-state index is -2.05. The Morgan fingerprint density at radius 1 is 0.950 bits per heavy atom. The van der Waals surface area contributed by atoms with Gasteiger partial charge in [-0.05, 0) is 58.7 Å². The van der Waals surface area contributed by atoms with E-state index in [2.05, 4.69) is 81.8 Å². The van der Waals surface area contributed by atoms with E-state index < -0.39 is 8.32 Å². The summed E-state index contributed by atoms with van der Waals surface area (Å²) in [4.78, 5) is 19.6. The molecule has 4 atom stereocenters. The van der Waals surface area contributed by atoms with Gasteiger partial charge in [0, 0.05) is 35.0 Å². The summed E-state index contributed by atoms with van der Waals surface area (Å²) in [5, 5.41) is 1.28. The molecule has 3 aliphatic rings. The monoisotopic (exact) mass is 556 g/mol. The number of rotatable bonds is 7. The molecule has 1 amide bonds. The number of fused-ring (bicyclic) bond motifs is 8. The van der Waals surface area contributed by atoms with E-state index in [1.54, 1.807) is 0 Å². The van der Waals surface area contributed by atoms with Gasteiger partial charge in [-0.25, -0.2) is 4.79 Å². The van der Waals surface area contributed by atoms with Crippen molar-refractivity contribution >= 4 is 25.3 Å². The van der Waals surface area contributed by atoms with E-state index in [1.165, 1.54) is 22.4 Å². The summed E-state index contributed by atoms with van der Waals surface area (Å²) in [6.45, 7) is 14.4. The average Bonchev–Trinajstić information content (AvgIpc) is 3.51. The molecule has 2 aromatic carbocycles. The van der Waals surface area contributed by atoms with Gasteiger partial charge in [0.05, 0.1) is 11.8 Å². The number of allylic oxidation sites excluding steroid dienone is 1. The summed E-state index contributed by atoms with van der Waals surface area (Å²) >= 11 is 0. The van der Waals surface area contributed by atoms with E-state index in [0.717, 1.165) is 30.3 Å². The lowest BCUT2D eigenvalue weighted by molar-refractivity contribution is 0.00106. The normalized spacial score (nSPS) is 23.9. The number of hydrogen-bond donors (Lipinski definition) is 1. The second kappa shape index (κ2) is 10.4. The third-order valence-electron chi connectivity index (χ3n) is 10.1. The Hall–Kier alpha value is -2.99. The van der Waals surface area contributed by atoms with E-state index in [-0.39, 0.29) is 24.1 Å². The molecular formula is C34H44N2O3Si. The largest absolute Gasteiger partial charge is 0.546 e. The molecule has 2 aliphatic heterocycles. The maximum absolute atomic E-state index is 13.8. The number of ether oxygens (including phenoxy) is 1. The zero-order chi connectivity index (χ0) is 28.2. The zero-order valence-electron chi connectivity index (χ0n) is 24.8. The number of aromatic nitrogens is 1. The van der Waals surface area contributed by atoms with Gasteiger partial charge >= 0.3 is 6.09 Å². The van der Waals surface area contributed by atoms with Crippen LogP contribution in [-0.4, -0.2) is 30.3 Å². The first-order valence-electron chi connectivity index (χ1n) is 15.2. The highest BCUT2D eigenvalue weighted by atomic mass is 28.4. The molecule has 212 valence electrons. The van der Waals surface area contributed by atoms with Gasteiger partial charge in [-0.15, -0.1) is 0 Å². The molecule has 5 nitrogen and oxygen atoms in total. The molecule has 1 saturated heterocycles. The Kier molecular flexibility index (Phi) is 7.10. The zero-order valence-corrected chi connectivity index (χ0v) is 25.8. The standard InChI is InChI=1S/C34H44N2O3Si/c1-21(2)40(22(3)4,23(5)6)39-26-16-25-17-32-33-29(27-14-10-11-15-30(27)35-33)19-31(28(25)18-26)36(32)34(37)38-20-24-12-8-7-9-13-24/h7-15,18,21-23,25,28,31-32,35H,16-17,19-20H2,1-6H3/t25-,28-,31?,32?/m1/s1. The van der Waals surface area contributed by atoms with Crippen LogP contribution < -0.4 is 0 Å². The highest BCUT2D eigenvalue weighted by Crippen LogP contribution is 2.54. The quantitative estimate of drug-likeness (QED) is 0.296. The van der Waals surface area contributed by atoms with Gasteiger partial charge in [0.2, 0.25) is 0 Å². The van der Waals surface area contributed by atoms with Gasteiger partial charge in [0.1, 0.15) is 6.61 Å². The second-order valence-corrected chi connectivity index (χ2v) is 18.5. The molecule has 1 fully saturated rings. The molecule has 40 heavy (non-hydrogen) atoms. The Labute approximate surface area is 240 Å². The molecule has 3 heterocycles. The molecule has 0 spiro atoms. The predicted molar refractivity (Wildman–Crippen MR) is 163 cm³/mol. The highest BCUT2D eigenvalue weighted by molar-refractivity contribution is 6.77. The van der Waals surface area contributed by atoms with Gasteiger partial charge in [-0.2, -0.15) is 0 Å². The third-order valence-corrected chi connectivity index (χ3v) is 16.1. The summed E-state index contributed by atoms with van der Waals surface area (Å²) in [5.41, 5.74) is 6.33. The SMILES string of the molecule is CC(C)[Si](OC1=C[C@H]2C3Cc4c([nH]c5ccccc45)C(C[C@H]2C1)N3C(=O)OCc1ccccc1)(C(C)C)C(C)C. The van der Waals surface area contributed by atoms with Crippen LogP contribution in [0.25, 0.3) is 10.9 Å². The average molecular weight is 557 g/mol. The number of amides is 1. The number of carbonyl (C=O) groups is 1. The first-order valence-corrected chi connectivity index (χ1v) is 17.3. The van der Waals surface area contributed by atoms with Crippen LogP contribution in [0, 0.1) is 11.8 Å². The van der Waals surface area contributed by atoms with Crippen molar-refractivity contribution in [2.24, 2.45) is 11.8 Å². The van der Waals surface area contributed by atoms with E-state index in [0.29, 0.717) is 29.1 Å². The van der Waals surface area contributed by atoms with Crippen molar-refractivity contribution < 1.29 is 14.0 Å². The van der Waals surface area contributed by atoms with Crippen LogP contribution in [0.15, 0.2) is 66.4 Å². The molecule has 2 bridgehead atoms. The Morgan fingerprint density at radius 3 is 2.33 bits per heavy atom. The van der Waals surface area contributed by atoms with Crippen molar-refractivity contribution in [2.75, 3.05) is 0 Å². The number of nitrogens with one attached hydrogen (secondary N) is 1. The number of aromatic amines is 1. The summed E-state index contributed by atoms with van der Waals surface area (Å²) in [5.74, 6) is 1.92. The van der Waals surface area contributed by atoms with Crippen LogP contribution >= 0.6 is 0 Å². The molecule has 6 heteroatoms. The first-order chi connectivity index (χ1) is 19.2. The minimum Gasteiger partial charge on any atom is -0.546 e. The maximum atomic E-state index is 13.8. The summed E-state index contributed by atoms with van der Waals surface area (Å²) in [7, 11) is -2.05. The van der Waals surface area contributed by atoms with Crippen molar-refractivity contribution in [1.29, 1.82) is 0 Å². The fraction of sp³-hybridized carbons (Fsp3) is 0.500. The van der Waals surface area contributed by atoms with E-state index >= 15 is 0 Å². The Bertz CT molecular complexity index is 1390. The van der Waals surface area contributed by atoms with Crippen LogP contribution in [0.4, 0.5) is 4.79 Å². The Balaban J connectivity index is 1.34. The van der Waals surface area contributed by atoms with Crippen LogP contribution in [0.3, 0.4) is 0 Å². The number of carbonyl (C=O) groups excluding carboxylic acids is 1. The van der Waals surface area contributed by atoms with Crippen LogP contribution in [-0.2, 0) is 22.2 Å². The van der Waals surface area contributed by atoms with Gasteiger partial charge in [-0.3, -0.25) is 4.90 Å². The van der Waals surface area contributed by atoms with Gasteiger partial charge < -0.3 is 14.1 Å². The predicted octanol–water partition coefficient (Wildman–Crippen LogP) is 8.89. The topological polar surface area (TPSA) is 54.6 Å². The molecule has 3 aromatic rings. The lowest BCUT2D eigenvalue weighted by atomic mass is 9.72. The lowest BCUT2D eigenvalue weighted by Crippen LogP contribution is -2.55. The van der Waals surface area contributed by atoms with Crippen LogP contribution in [0.5, 0.6) is 0 Å². The van der Waals surface area contributed by atoms with Crippen molar-refractivity contribution in [2.45, 2.75) is 96.1 Å². The van der Waals surface area contributed by atoms with Crippen molar-refractivity contribution in [3.8, 4) is 0 Å². The lowest BCUT2D eigenvalue weighted by Gasteiger charge is -2.50. The second-order valence-electron chi connectivity index (χ2n) is 13.1. The van der Waals surface area contributed by atoms with Crippen molar-refractivity contribution in [1.82, 2.24) is 9.88 Å². The number of piperidine rings is 1. The molecule has 6 rings (SSSR count). The molecule has 2 unspecified atom stereocenters. The van der Waals surface area contributed by atoms with E-state index in [4.69, 9.17) is 9.16 Å². The Morgan fingerprint density at radius 2 is 1.62 bits per heavy atom. The van der Waals surface area contributed by atoms with Gasteiger partial charge in [-0.1, -0.05) is 90.1 Å². The summed E-state index contributed by atoms with van der Waals surface area (Å²) in [6.07, 6.45) is 4.94. The molecule has 0 saturated carbocycles. The molecule has 0 radical (unpaired) electrons. The van der Waals surface area contributed by atoms with Crippen molar-refractivity contribution in [3.05, 3.63) is 83.3 Å². The number of hydrogen-bond acceptors (Lipinski definition) is 3. The number of benzene rings is 2. The molecule has 1 aromatic heterocycles. The van der Waals surface area contributed by atoms with Crippen LogP contribution in [0.1, 0.15) is 77.2 Å². The number of nitrogens with zero attached hydrogens (tertiary/aromatic N) is 1. The van der Waals surface area contributed by atoms with Crippen LogP contribution in [0.2, 0.25) is 16.6 Å². The highest BCUT2D eigenvalue weighted by Gasteiger charge is 2.54. The van der Waals surface area contributed by atoms with E-state index in [1.807, 2.05) is 30.3 Å². The van der Waals surface area contributed by atoms with Crippen molar-refractivity contribution in [3.63, 3.8) is 0 Å². The molecule has 1 aliphatic carbocycles. The smallest absolute Gasteiger partial charge is 0.410 e. The minimum absolute atomic E-state index is 0.0132. The van der Waals surface area contributed by atoms with Gasteiger partial charge in [0.25, 0.3) is 8.32 Å². The first kappa shape index (κ1) is 27.2. The summed E-state index contributed by atoms with van der Waals surface area (Å²) < 4.78 is 13.2. The fourth-order valence-electron chi connectivity index (χ4n) is 8.43. The maximum Gasteiger partial charge on any atom is 0.410 e. The molecular weight excluding hydrogens is 512 g/mol. The third kappa shape index (κ3) is 4.39. The number of para-hydroxylation sites is 1. The fourth-order valence-corrected chi connectivity index (χ4v) is 13.7. The summed E-state index contributed by atoms with van der Waals surface area (Å²) in [6, 6.07) is 18.6. The molecule has 1 N–H and O–H groups in total.